The third kappa shape index (κ3) is 6.08. The highest BCUT2D eigenvalue weighted by atomic mass is 19.1. The highest BCUT2D eigenvalue weighted by Crippen LogP contribution is 2.27. The van der Waals surface area contributed by atoms with E-state index in [0.717, 1.165) is 0 Å². The average Bonchev–Trinajstić information content (AvgIpc) is 2.71. The lowest BCUT2D eigenvalue weighted by Crippen LogP contribution is -2.36. The van der Waals surface area contributed by atoms with Crippen molar-refractivity contribution < 1.29 is 33.0 Å². The van der Waals surface area contributed by atoms with Crippen LogP contribution in [0.25, 0.3) is 0 Å². The number of methoxy groups -OCH3 is 1. The van der Waals surface area contributed by atoms with Gasteiger partial charge in [0.1, 0.15) is 12.1 Å². The van der Waals surface area contributed by atoms with Crippen molar-refractivity contribution in [2.24, 2.45) is 0 Å². The molecule has 2 aromatic rings. The second-order valence-electron chi connectivity index (χ2n) is 5.79. The lowest BCUT2D eigenvalue weighted by molar-refractivity contribution is -0.156. The number of esters is 1. The number of aldehydes is 1. The summed E-state index contributed by atoms with van der Waals surface area (Å²) in [4.78, 5) is 34.7. The average molecular weight is 389 g/mol. The Balaban J connectivity index is 1.80. The quantitative estimate of drug-likeness (QED) is 0.523. The molecule has 0 spiro atoms. The number of benzene rings is 2. The van der Waals surface area contributed by atoms with Crippen LogP contribution in [-0.4, -0.2) is 38.0 Å². The maximum absolute atomic E-state index is 12.9. The van der Waals surface area contributed by atoms with Gasteiger partial charge in [0.25, 0.3) is 5.91 Å². The SMILES string of the molecule is COc1cc(C=O)ccc1OCC(=O)O[C@@H](C)C(=O)NCc1ccc(F)cc1. The number of amides is 1. The Labute approximate surface area is 161 Å². The van der Waals surface area contributed by atoms with Crippen LogP contribution in [0.2, 0.25) is 0 Å². The summed E-state index contributed by atoms with van der Waals surface area (Å²) in [7, 11) is 1.41. The normalized spacial score (nSPS) is 11.2. The summed E-state index contributed by atoms with van der Waals surface area (Å²) in [5, 5.41) is 2.60. The van der Waals surface area contributed by atoms with Crippen molar-refractivity contribution in [2.75, 3.05) is 13.7 Å². The van der Waals surface area contributed by atoms with Crippen molar-refractivity contribution in [3.05, 3.63) is 59.4 Å². The molecule has 2 aromatic carbocycles. The van der Waals surface area contributed by atoms with Crippen molar-refractivity contribution >= 4 is 18.2 Å². The molecule has 0 saturated heterocycles. The molecule has 1 atom stereocenters. The molecular weight excluding hydrogens is 369 g/mol. The van der Waals surface area contributed by atoms with Crippen molar-refractivity contribution in [1.82, 2.24) is 5.32 Å². The molecule has 0 aliphatic rings. The zero-order valence-electron chi connectivity index (χ0n) is 15.4. The lowest BCUT2D eigenvalue weighted by atomic mass is 10.2. The second kappa shape index (κ2) is 10.1. The highest BCUT2D eigenvalue weighted by molar-refractivity contribution is 5.83. The molecule has 0 bridgehead atoms. The van der Waals surface area contributed by atoms with E-state index in [2.05, 4.69) is 5.32 Å². The standard InChI is InChI=1S/C20H20FNO6/c1-13(20(25)22-10-14-3-6-16(21)7-4-14)28-19(24)12-27-17-8-5-15(11-23)9-18(17)26-2/h3-9,11,13H,10,12H2,1-2H3,(H,22,25)/t13-/m0/s1. The van der Waals surface area contributed by atoms with Gasteiger partial charge < -0.3 is 19.5 Å². The Hall–Kier alpha value is -3.42. The molecule has 0 heterocycles. The fourth-order valence-electron chi connectivity index (χ4n) is 2.23. The number of halogens is 1. The number of carbonyl (C=O) groups is 3. The van der Waals surface area contributed by atoms with Gasteiger partial charge in [-0.15, -0.1) is 0 Å². The molecule has 148 valence electrons. The van der Waals surface area contributed by atoms with Crippen LogP contribution < -0.4 is 14.8 Å². The van der Waals surface area contributed by atoms with Gasteiger partial charge in [0.15, 0.2) is 24.2 Å². The number of rotatable bonds is 9. The van der Waals surface area contributed by atoms with Gasteiger partial charge in [-0.25, -0.2) is 9.18 Å². The zero-order chi connectivity index (χ0) is 20.5. The molecule has 0 radical (unpaired) electrons. The summed E-state index contributed by atoms with van der Waals surface area (Å²) in [5.41, 5.74) is 1.11. The topological polar surface area (TPSA) is 90.9 Å². The van der Waals surface area contributed by atoms with Gasteiger partial charge in [0.2, 0.25) is 0 Å². The molecule has 0 aromatic heterocycles. The van der Waals surface area contributed by atoms with Gasteiger partial charge in [-0.2, -0.15) is 0 Å². The van der Waals surface area contributed by atoms with Gasteiger partial charge in [-0.05, 0) is 42.8 Å². The van der Waals surface area contributed by atoms with E-state index in [9.17, 15) is 18.8 Å². The summed E-state index contributed by atoms with van der Waals surface area (Å²) in [6.07, 6.45) is -0.372. The van der Waals surface area contributed by atoms with Gasteiger partial charge in [-0.3, -0.25) is 9.59 Å². The molecule has 0 aliphatic heterocycles. The maximum Gasteiger partial charge on any atom is 0.344 e. The van der Waals surface area contributed by atoms with Crippen LogP contribution in [0.5, 0.6) is 11.5 Å². The van der Waals surface area contributed by atoms with Crippen LogP contribution in [0.4, 0.5) is 4.39 Å². The first-order valence-electron chi connectivity index (χ1n) is 8.40. The first kappa shape index (κ1) is 20.9. The largest absolute Gasteiger partial charge is 0.493 e. The van der Waals surface area contributed by atoms with E-state index in [1.54, 1.807) is 12.1 Å². The fraction of sp³-hybridized carbons (Fsp3) is 0.250. The minimum Gasteiger partial charge on any atom is -0.493 e. The van der Waals surface area contributed by atoms with Gasteiger partial charge >= 0.3 is 5.97 Å². The number of carbonyl (C=O) groups excluding carboxylic acids is 3. The number of ether oxygens (including phenoxy) is 3. The molecule has 28 heavy (non-hydrogen) atoms. The number of hydrogen-bond acceptors (Lipinski definition) is 6. The third-order valence-electron chi connectivity index (χ3n) is 3.73. The first-order valence-corrected chi connectivity index (χ1v) is 8.40. The zero-order valence-corrected chi connectivity index (χ0v) is 15.4. The third-order valence-corrected chi connectivity index (χ3v) is 3.73. The van der Waals surface area contributed by atoms with Crippen molar-refractivity contribution in [2.45, 2.75) is 19.6 Å². The predicted molar refractivity (Wildman–Crippen MR) is 97.7 cm³/mol. The van der Waals surface area contributed by atoms with E-state index >= 15 is 0 Å². The Bertz CT molecular complexity index is 837. The van der Waals surface area contributed by atoms with E-state index < -0.39 is 24.6 Å². The monoisotopic (exact) mass is 389 g/mol. The Morgan fingerprint density at radius 2 is 1.86 bits per heavy atom. The summed E-state index contributed by atoms with van der Waals surface area (Å²) in [6.45, 7) is 1.17. The van der Waals surface area contributed by atoms with Crippen molar-refractivity contribution in [1.29, 1.82) is 0 Å². The molecule has 8 heteroatoms. The van der Waals surface area contributed by atoms with Gasteiger partial charge in [0.05, 0.1) is 7.11 Å². The molecule has 2 rings (SSSR count). The van der Waals surface area contributed by atoms with Crippen LogP contribution in [0.15, 0.2) is 42.5 Å². The van der Waals surface area contributed by atoms with Gasteiger partial charge in [-0.1, -0.05) is 12.1 Å². The Morgan fingerprint density at radius 3 is 2.50 bits per heavy atom. The highest BCUT2D eigenvalue weighted by Gasteiger charge is 2.18. The smallest absolute Gasteiger partial charge is 0.344 e. The molecule has 7 nitrogen and oxygen atoms in total. The van der Waals surface area contributed by atoms with E-state index in [1.807, 2.05) is 0 Å². The van der Waals surface area contributed by atoms with Crippen molar-refractivity contribution in [3.63, 3.8) is 0 Å². The summed E-state index contributed by atoms with van der Waals surface area (Å²) in [6, 6.07) is 10.2. The molecule has 0 unspecified atom stereocenters. The van der Waals surface area contributed by atoms with Crippen LogP contribution in [0.3, 0.4) is 0 Å². The van der Waals surface area contributed by atoms with E-state index in [1.165, 1.54) is 44.4 Å². The Morgan fingerprint density at radius 1 is 1.14 bits per heavy atom. The number of hydrogen-bond donors (Lipinski definition) is 1. The van der Waals surface area contributed by atoms with E-state index in [0.29, 0.717) is 23.2 Å². The molecule has 1 N–H and O–H groups in total. The molecule has 0 fully saturated rings. The maximum atomic E-state index is 12.9. The van der Waals surface area contributed by atoms with Crippen LogP contribution in [0.1, 0.15) is 22.8 Å². The lowest BCUT2D eigenvalue weighted by Gasteiger charge is -2.15. The van der Waals surface area contributed by atoms with Gasteiger partial charge in [0, 0.05) is 12.1 Å². The molecule has 0 saturated carbocycles. The summed E-state index contributed by atoms with van der Waals surface area (Å²) < 4.78 is 28.3. The second-order valence-corrected chi connectivity index (χ2v) is 5.79. The van der Waals surface area contributed by atoms with E-state index in [-0.39, 0.29) is 18.1 Å². The predicted octanol–water partition coefficient (Wildman–Crippen LogP) is 2.27. The van der Waals surface area contributed by atoms with Crippen LogP contribution in [-0.2, 0) is 20.9 Å². The van der Waals surface area contributed by atoms with Crippen LogP contribution >= 0.6 is 0 Å². The summed E-state index contributed by atoms with van der Waals surface area (Å²) >= 11 is 0. The first-order chi connectivity index (χ1) is 13.4. The molecule has 0 aliphatic carbocycles. The minimum absolute atomic E-state index is 0.178. The molecule has 1 amide bonds. The Kier molecular flexibility index (Phi) is 7.50. The number of nitrogens with one attached hydrogen (secondary N) is 1. The van der Waals surface area contributed by atoms with E-state index in [4.69, 9.17) is 14.2 Å². The molecular formula is C20H20FNO6. The van der Waals surface area contributed by atoms with Crippen molar-refractivity contribution in [3.8, 4) is 11.5 Å². The minimum atomic E-state index is -1.03. The van der Waals surface area contributed by atoms with Crippen LogP contribution in [0, 0.1) is 5.82 Å². The fourth-order valence-corrected chi connectivity index (χ4v) is 2.23. The summed E-state index contributed by atoms with van der Waals surface area (Å²) in [5.74, 6) is -1.05.